The van der Waals surface area contributed by atoms with E-state index < -0.39 is 0 Å². The number of amides is 2. The van der Waals surface area contributed by atoms with Crippen molar-refractivity contribution < 1.29 is 14.3 Å². The molecule has 0 aliphatic carbocycles. The fourth-order valence-corrected chi connectivity index (χ4v) is 3.10. The molecule has 27 heavy (non-hydrogen) atoms. The molecule has 0 radical (unpaired) electrons. The average Bonchev–Trinajstić information content (AvgIpc) is 2.73. The summed E-state index contributed by atoms with van der Waals surface area (Å²) in [7, 11) is 1.66. The van der Waals surface area contributed by atoms with E-state index in [9.17, 15) is 9.59 Å². The molecule has 1 saturated heterocycles. The van der Waals surface area contributed by atoms with E-state index in [0.29, 0.717) is 32.7 Å². The molecule has 1 fully saturated rings. The number of rotatable bonds is 6. The third kappa shape index (κ3) is 4.97. The van der Waals surface area contributed by atoms with Crippen LogP contribution in [-0.2, 0) is 16.1 Å². The van der Waals surface area contributed by atoms with Gasteiger partial charge in [-0.3, -0.25) is 14.6 Å². The zero-order valence-electron chi connectivity index (χ0n) is 15.4. The van der Waals surface area contributed by atoms with Gasteiger partial charge in [-0.2, -0.15) is 0 Å². The number of benzene rings is 1. The molecular weight excluding hydrogens is 344 g/mol. The SMILES string of the molecule is COc1ccccc1N1CCN(C(=O)CC(=O)NCc2cccnc2)CC1. The minimum absolute atomic E-state index is 0.130. The number of nitrogens with zero attached hydrogens (tertiary/aromatic N) is 3. The number of hydrogen-bond acceptors (Lipinski definition) is 5. The zero-order chi connectivity index (χ0) is 19.1. The van der Waals surface area contributed by atoms with E-state index in [1.807, 2.05) is 36.4 Å². The van der Waals surface area contributed by atoms with Crippen LogP contribution in [0.25, 0.3) is 0 Å². The maximum absolute atomic E-state index is 12.4. The second-order valence-corrected chi connectivity index (χ2v) is 6.35. The summed E-state index contributed by atoms with van der Waals surface area (Å²) < 4.78 is 5.41. The van der Waals surface area contributed by atoms with Gasteiger partial charge in [0.25, 0.3) is 0 Å². The first-order valence-corrected chi connectivity index (χ1v) is 8.98. The molecule has 7 nitrogen and oxygen atoms in total. The average molecular weight is 368 g/mol. The Balaban J connectivity index is 1.46. The first kappa shape index (κ1) is 18.7. The van der Waals surface area contributed by atoms with Crippen molar-refractivity contribution in [3.05, 3.63) is 54.4 Å². The summed E-state index contributed by atoms with van der Waals surface area (Å²) in [6.45, 7) is 2.98. The summed E-state index contributed by atoms with van der Waals surface area (Å²) in [5, 5.41) is 2.77. The molecule has 2 aromatic rings. The number of piperazine rings is 1. The Bertz CT molecular complexity index is 774. The molecule has 2 amide bonds. The van der Waals surface area contributed by atoms with E-state index in [1.165, 1.54) is 0 Å². The Labute approximate surface area is 158 Å². The number of carbonyl (C=O) groups excluding carboxylic acids is 2. The topological polar surface area (TPSA) is 74.8 Å². The van der Waals surface area contributed by atoms with Crippen LogP contribution in [0, 0.1) is 0 Å². The van der Waals surface area contributed by atoms with Crippen molar-refractivity contribution in [1.82, 2.24) is 15.2 Å². The molecule has 0 unspecified atom stereocenters. The third-order valence-electron chi connectivity index (χ3n) is 4.58. The van der Waals surface area contributed by atoms with E-state index in [0.717, 1.165) is 17.0 Å². The summed E-state index contributed by atoms with van der Waals surface area (Å²) in [6.07, 6.45) is 3.24. The number of nitrogens with one attached hydrogen (secondary N) is 1. The van der Waals surface area contributed by atoms with Crippen LogP contribution in [0.1, 0.15) is 12.0 Å². The fraction of sp³-hybridized carbons (Fsp3) is 0.350. The molecule has 0 atom stereocenters. The fourth-order valence-electron chi connectivity index (χ4n) is 3.10. The summed E-state index contributed by atoms with van der Waals surface area (Å²) in [5.74, 6) is 0.418. The highest BCUT2D eigenvalue weighted by molar-refractivity contribution is 5.97. The summed E-state index contributed by atoms with van der Waals surface area (Å²) >= 11 is 0. The molecule has 142 valence electrons. The van der Waals surface area contributed by atoms with Crippen LogP contribution < -0.4 is 15.0 Å². The lowest BCUT2D eigenvalue weighted by Gasteiger charge is -2.36. The molecule has 1 aromatic carbocycles. The number of anilines is 1. The largest absolute Gasteiger partial charge is 0.495 e. The number of aromatic nitrogens is 1. The normalized spacial score (nSPS) is 14.0. The van der Waals surface area contributed by atoms with Crippen LogP contribution in [0.5, 0.6) is 5.75 Å². The van der Waals surface area contributed by atoms with Gasteiger partial charge in [0.15, 0.2) is 0 Å². The van der Waals surface area contributed by atoms with Crippen molar-refractivity contribution in [2.75, 3.05) is 38.2 Å². The molecule has 7 heteroatoms. The number of methoxy groups -OCH3 is 1. The highest BCUT2D eigenvalue weighted by Gasteiger charge is 2.24. The Morgan fingerprint density at radius 3 is 2.59 bits per heavy atom. The van der Waals surface area contributed by atoms with Gasteiger partial charge in [0.05, 0.1) is 12.8 Å². The van der Waals surface area contributed by atoms with Crippen molar-refractivity contribution in [2.45, 2.75) is 13.0 Å². The quantitative estimate of drug-likeness (QED) is 0.781. The number of hydrogen-bond donors (Lipinski definition) is 1. The standard InChI is InChI=1S/C20H24N4O3/c1-27-18-7-3-2-6-17(18)23-9-11-24(12-10-23)20(26)13-19(25)22-15-16-5-4-8-21-14-16/h2-8,14H,9-13,15H2,1H3,(H,22,25). The molecule has 2 heterocycles. The van der Waals surface area contributed by atoms with E-state index in [4.69, 9.17) is 4.74 Å². The van der Waals surface area contributed by atoms with Crippen molar-refractivity contribution in [2.24, 2.45) is 0 Å². The first-order chi connectivity index (χ1) is 13.2. The van der Waals surface area contributed by atoms with Gasteiger partial charge >= 0.3 is 0 Å². The predicted octanol–water partition coefficient (Wildman–Crippen LogP) is 1.45. The van der Waals surface area contributed by atoms with Crippen molar-refractivity contribution in [1.29, 1.82) is 0 Å². The van der Waals surface area contributed by atoms with Crippen LogP contribution in [0.3, 0.4) is 0 Å². The summed E-state index contributed by atoms with van der Waals surface area (Å²) in [6, 6.07) is 11.6. The number of para-hydroxylation sites is 2. The maximum atomic E-state index is 12.4. The van der Waals surface area contributed by atoms with Crippen LogP contribution in [0.15, 0.2) is 48.8 Å². The lowest BCUT2D eigenvalue weighted by atomic mass is 10.2. The molecular formula is C20H24N4O3. The maximum Gasteiger partial charge on any atom is 0.232 e. The van der Waals surface area contributed by atoms with Gasteiger partial charge < -0.3 is 19.9 Å². The third-order valence-corrected chi connectivity index (χ3v) is 4.58. The predicted molar refractivity (Wildman–Crippen MR) is 102 cm³/mol. The molecule has 0 saturated carbocycles. The Morgan fingerprint density at radius 1 is 1.11 bits per heavy atom. The van der Waals surface area contributed by atoms with E-state index in [2.05, 4.69) is 15.2 Å². The van der Waals surface area contributed by atoms with Crippen LogP contribution >= 0.6 is 0 Å². The molecule has 0 bridgehead atoms. The minimum Gasteiger partial charge on any atom is -0.495 e. The highest BCUT2D eigenvalue weighted by Crippen LogP contribution is 2.28. The second kappa shape index (κ2) is 9.02. The molecule has 1 aliphatic heterocycles. The first-order valence-electron chi connectivity index (χ1n) is 8.98. The van der Waals surface area contributed by atoms with Gasteiger partial charge in [-0.25, -0.2) is 0 Å². The van der Waals surface area contributed by atoms with Crippen molar-refractivity contribution >= 4 is 17.5 Å². The lowest BCUT2D eigenvalue weighted by molar-refractivity contribution is -0.136. The smallest absolute Gasteiger partial charge is 0.232 e. The van der Waals surface area contributed by atoms with Crippen molar-refractivity contribution in [3.63, 3.8) is 0 Å². The Hall–Kier alpha value is -3.09. The van der Waals surface area contributed by atoms with Crippen LogP contribution in [0.2, 0.25) is 0 Å². The van der Waals surface area contributed by atoms with Gasteiger partial charge in [0.2, 0.25) is 11.8 Å². The van der Waals surface area contributed by atoms with Crippen molar-refractivity contribution in [3.8, 4) is 5.75 Å². The Kier molecular flexibility index (Phi) is 6.25. The van der Waals surface area contributed by atoms with Gasteiger partial charge in [-0.05, 0) is 23.8 Å². The minimum atomic E-state index is -0.268. The number of pyridine rings is 1. The van der Waals surface area contributed by atoms with E-state index in [-0.39, 0.29) is 18.2 Å². The van der Waals surface area contributed by atoms with Crippen LogP contribution in [0.4, 0.5) is 5.69 Å². The second-order valence-electron chi connectivity index (χ2n) is 6.35. The van der Waals surface area contributed by atoms with Crippen LogP contribution in [-0.4, -0.2) is 55.0 Å². The monoisotopic (exact) mass is 368 g/mol. The van der Waals surface area contributed by atoms with Gasteiger partial charge in [-0.15, -0.1) is 0 Å². The summed E-state index contributed by atoms with van der Waals surface area (Å²) in [4.78, 5) is 32.4. The lowest BCUT2D eigenvalue weighted by Crippen LogP contribution is -2.49. The van der Waals surface area contributed by atoms with E-state index >= 15 is 0 Å². The van der Waals surface area contributed by atoms with E-state index in [1.54, 1.807) is 24.4 Å². The highest BCUT2D eigenvalue weighted by atomic mass is 16.5. The number of carbonyl (C=O) groups is 2. The number of ether oxygens (including phenoxy) is 1. The Morgan fingerprint density at radius 2 is 1.89 bits per heavy atom. The van der Waals surface area contributed by atoms with Gasteiger partial charge in [0, 0.05) is 45.1 Å². The molecule has 1 aliphatic rings. The van der Waals surface area contributed by atoms with Gasteiger partial charge in [0.1, 0.15) is 12.2 Å². The molecule has 1 N–H and O–H groups in total. The molecule has 3 rings (SSSR count). The zero-order valence-corrected chi connectivity index (χ0v) is 15.4. The molecule has 1 aromatic heterocycles. The van der Waals surface area contributed by atoms with Gasteiger partial charge in [-0.1, -0.05) is 18.2 Å². The molecule has 0 spiro atoms. The summed E-state index contributed by atoms with van der Waals surface area (Å²) in [5.41, 5.74) is 1.94.